The first-order valence-corrected chi connectivity index (χ1v) is 21.9. The van der Waals surface area contributed by atoms with Crippen molar-refractivity contribution >= 4 is 0 Å². The standard InChI is InChI=1S/C48H79NO3/c1-3-5-7-9-11-13-15-17-19-21-22-24-26-28-30-32-34-36-38-52-48-40-45(42-49-43-46(50)44-49)39-47(41-48)51-37-35-33-31-29-27-25-23-20-18-16-14-12-10-8-6-4-2/h12,14,18,20-22,39-41,46,50H,3-11,16-17,19,23-38,42-44H2,1-2H3/b14-12-,20-18-,22-21-. The highest BCUT2D eigenvalue weighted by molar-refractivity contribution is 5.38. The van der Waals surface area contributed by atoms with Crippen molar-refractivity contribution in [3.8, 4) is 23.3 Å². The number of benzene rings is 1. The van der Waals surface area contributed by atoms with Crippen molar-refractivity contribution in [1.29, 1.82) is 0 Å². The molecule has 1 saturated heterocycles. The van der Waals surface area contributed by atoms with Crippen LogP contribution >= 0.6 is 0 Å². The van der Waals surface area contributed by atoms with Gasteiger partial charge in [-0.25, -0.2) is 0 Å². The van der Waals surface area contributed by atoms with Crippen LogP contribution in [0.3, 0.4) is 0 Å². The molecule has 1 heterocycles. The van der Waals surface area contributed by atoms with E-state index in [9.17, 15) is 5.11 Å². The van der Waals surface area contributed by atoms with Gasteiger partial charge >= 0.3 is 0 Å². The van der Waals surface area contributed by atoms with Crippen LogP contribution in [0.25, 0.3) is 0 Å². The molecule has 0 saturated carbocycles. The second-order valence-electron chi connectivity index (χ2n) is 15.0. The molecule has 2 rings (SSSR count). The Balaban J connectivity index is 1.52. The molecule has 1 aromatic carbocycles. The van der Waals surface area contributed by atoms with E-state index in [4.69, 9.17) is 9.47 Å². The quantitative estimate of drug-likeness (QED) is 0.0438. The van der Waals surface area contributed by atoms with Gasteiger partial charge in [0.05, 0.1) is 19.3 Å². The minimum absolute atomic E-state index is 0.185. The van der Waals surface area contributed by atoms with Gasteiger partial charge in [-0.2, -0.15) is 0 Å². The third kappa shape index (κ3) is 27.2. The topological polar surface area (TPSA) is 41.9 Å². The lowest BCUT2D eigenvalue weighted by Gasteiger charge is -2.35. The third-order valence-electron chi connectivity index (χ3n) is 9.81. The molecule has 4 heteroatoms. The second kappa shape index (κ2) is 34.3. The number of aliphatic hydroxyl groups is 1. The molecule has 0 unspecified atom stereocenters. The summed E-state index contributed by atoms with van der Waals surface area (Å²) in [5.74, 6) is 8.48. The molecule has 294 valence electrons. The van der Waals surface area contributed by atoms with E-state index in [0.29, 0.717) is 0 Å². The average Bonchev–Trinajstić information content (AvgIpc) is 3.13. The van der Waals surface area contributed by atoms with Crippen LogP contribution in [0.2, 0.25) is 0 Å². The van der Waals surface area contributed by atoms with Crippen LogP contribution in [0.15, 0.2) is 54.7 Å². The van der Waals surface area contributed by atoms with Crippen molar-refractivity contribution in [3.05, 3.63) is 60.2 Å². The molecule has 1 aliphatic rings. The van der Waals surface area contributed by atoms with Crippen molar-refractivity contribution in [2.45, 2.75) is 193 Å². The maximum absolute atomic E-state index is 9.74. The molecule has 1 aliphatic heterocycles. The molecule has 52 heavy (non-hydrogen) atoms. The first-order chi connectivity index (χ1) is 25.7. The number of β-amino-alcohol motifs (C(OH)–C–C–N with tert-alkyl or cyclic N) is 1. The van der Waals surface area contributed by atoms with Gasteiger partial charge in [0.15, 0.2) is 0 Å². The van der Waals surface area contributed by atoms with E-state index in [1.165, 1.54) is 134 Å². The lowest BCUT2D eigenvalue weighted by atomic mass is 10.1. The fourth-order valence-electron chi connectivity index (χ4n) is 6.57. The second-order valence-corrected chi connectivity index (χ2v) is 15.0. The summed E-state index contributed by atoms with van der Waals surface area (Å²) in [6, 6.07) is 6.39. The van der Waals surface area contributed by atoms with E-state index in [0.717, 1.165) is 82.9 Å². The summed E-state index contributed by atoms with van der Waals surface area (Å²) in [6.45, 7) is 8.35. The number of nitrogens with zero attached hydrogens (tertiary/aromatic N) is 1. The zero-order valence-corrected chi connectivity index (χ0v) is 33.9. The van der Waals surface area contributed by atoms with E-state index < -0.39 is 0 Å². The van der Waals surface area contributed by atoms with Gasteiger partial charge in [-0.1, -0.05) is 134 Å². The number of likely N-dealkylation sites (tertiary alicyclic amines) is 1. The fourth-order valence-corrected chi connectivity index (χ4v) is 6.57. The molecule has 4 nitrogen and oxygen atoms in total. The smallest absolute Gasteiger partial charge is 0.123 e. The first kappa shape index (κ1) is 45.7. The molecule has 0 bridgehead atoms. The fraction of sp³-hybridized carbons (Fsp3) is 0.708. The highest BCUT2D eigenvalue weighted by Gasteiger charge is 2.24. The maximum Gasteiger partial charge on any atom is 0.123 e. The molecule has 1 N–H and O–H groups in total. The van der Waals surface area contributed by atoms with E-state index >= 15 is 0 Å². The zero-order chi connectivity index (χ0) is 37.0. The lowest BCUT2D eigenvalue weighted by molar-refractivity contribution is -0.00292. The monoisotopic (exact) mass is 718 g/mol. The Bertz CT molecular complexity index is 1110. The van der Waals surface area contributed by atoms with Crippen LogP contribution in [-0.4, -0.2) is 42.4 Å². The molecule has 1 fully saturated rings. The van der Waals surface area contributed by atoms with Gasteiger partial charge in [0, 0.05) is 38.5 Å². The van der Waals surface area contributed by atoms with Crippen LogP contribution in [0.1, 0.15) is 186 Å². The van der Waals surface area contributed by atoms with E-state index in [1.54, 1.807) is 0 Å². The van der Waals surface area contributed by atoms with E-state index in [1.807, 2.05) is 0 Å². The molecule has 0 radical (unpaired) electrons. The van der Waals surface area contributed by atoms with E-state index in [-0.39, 0.29) is 6.10 Å². The average molecular weight is 718 g/mol. The Morgan fingerprint density at radius 3 is 1.60 bits per heavy atom. The normalized spacial score (nSPS) is 13.7. The van der Waals surface area contributed by atoms with Gasteiger partial charge in [-0.15, -0.1) is 11.8 Å². The molecule has 0 aromatic heterocycles. The molecule has 1 aromatic rings. The summed E-state index contributed by atoms with van der Waals surface area (Å²) < 4.78 is 12.5. The predicted molar refractivity (Wildman–Crippen MR) is 225 cm³/mol. The highest BCUT2D eigenvalue weighted by atomic mass is 16.5. The summed E-state index contributed by atoms with van der Waals surface area (Å²) in [6.07, 6.45) is 45.9. The van der Waals surface area contributed by atoms with Crippen molar-refractivity contribution in [1.82, 2.24) is 4.90 Å². The SMILES string of the molecule is CCCCC/C=C\C/C=C\CCCCCCCCOc1cc(CN2CC(O)C2)cc(OCCCCCCCC/C=C\CCC#CCCCCCC)c1. The van der Waals surface area contributed by atoms with Crippen molar-refractivity contribution < 1.29 is 14.6 Å². The Labute approximate surface area is 321 Å². The van der Waals surface area contributed by atoms with Crippen molar-refractivity contribution in [2.24, 2.45) is 0 Å². The number of allylic oxidation sites excluding steroid dienone is 6. The van der Waals surface area contributed by atoms with Crippen LogP contribution in [0.4, 0.5) is 0 Å². The van der Waals surface area contributed by atoms with Gasteiger partial charge in [0.25, 0.3) is 0 Å². The van der Waals surface area contributed by atoms with Gasteiger partial charge in [-0.3, -0.25) is 4.90 Å². The van der Waals surface area contributed by atoms with Gasteiger partial charge < -0.3 is 14.6 Å². The number of hydrogen-bond donors (Lipinski definition) is 1. The summed E-state index contributed by atoms with van der Waals surface area (Å²) in [5.41, 5.74) is 1.20. The molecule has 0 atom stereocenters. The van der Waals surface area contributed by atoms with Crippen LogP contribution in [0, 0.1) is 11.8 Å². The van der Waals surface area contributed by atoms with Crippen LogP contribution < -0.4 is 9.47 Å². The lowest BCUT2D eigenvalue weighted by Crippen LogP contribution is -2.49. The first-order valence-electron chi connectivity index (χ1n) is 21.9. The largest absolute Gasteiger partial charge is 0.493 e. The van der Waals surface area contributed by atoms with Crippen LogP contribution in [0.5, 0.6) is 11.5 Å². The number of aliphatic hydroxyl groups excluding tert-OH is 1. The Kier molecular flexibility index (Phi) is 30.1. The molecular weight excluding hydrogens is 639 g/mol. The van der Waals surface area contributed by atoms with Crippen LogP contribution in [-0.2, 0) is 6.54 Å². The third-order valence-corrected chi connectivity index (χ3v) is 9.81. The highest BCUT2D eigenvalue weighted by Crippen LogP contribution is 2.26. The van der Waals surface area contributed by atoms with Gasteiger partial charge in [0.2, 0.25) is 0 Å². The number of rotatable bonds is 34. The Morgan fingerprint density at radius 2 is 1.02 bits per heavy atom. The molecule has 0 spiro atoms. The predicted octanol–water partition coefficient (Wildman–Crippen LogP) is 13.5. The van der Waals surface area contributed by atoms with Crippen molar-refractivity contribution in [2.75, 3.05) is 26.3 Å². The van der Waals surface area contributed by atoms with E-state index in [2.05, 4.69) is 85.2 Å². The number of ether oxygens (including phenoxy) is 2. The van der Waals surface area contributed by atoms with Gasteiger partial charge in [0.1, 0.15) is 11.5 Å². The summed E-state index contributed by atoms with van der Waals surface area (Å²) in [5, 5.41) is 9.74. The minimum atomic E-state index is -0.185. The maximum atomic E-state index is 9.74. The zero-order valence-electron chi connectivity index (χ0n) is 33.9. The van der Waals surface area contributed by atoms with Gasteiger partial charge in [-0.05, 0) is 88.3 Å². The number of unbranched alkanes of at least 4 members (excludes halogenated alkanes) is 20. The summed E-state index contributed by atoms with van der Waals surface area (Å²) in [7, 11) is 0. The molecule has 0 aliphatic carbocycles. The van der Waals surface area contributed by atoms with Crippen molar-refractivity contribution in [3.63, 3.8) is 0 Å². The number of hydrogen-bond acceptors (Lipinski definition) is 4. The molecular formula is C48H79NO3. The summed E-state index contributed by atoms with van der Waals surface area (Å²) in [4.78, 5) is 2.28. The minimum Gasteiger partial charge on any atom is -0.493 e. The molecule has 0 amide bonds. The Morgan fingerprint density at radius 1 is 0.558 bits per heavy atom. The Hall–Kier alpha value is -2.48. The summed E-state index contributed by atoms with van der Waals surface area (Å²) >= 11 is 0.